The van der Waals surface area contributed by atoms with Crippen LogP contribution in [0, 0.1) is 13.8 Å². The van der Waals surface area contributed by atoms with Crippen LogP contribution in [-0.2, 0) is 0 Å². The summed E-state index contributed by atoms with van der Waals surface area (Å²) in [5.41, 5.74) is 2.46. The first-order valence-electron chi connectivity index (χ1n) is 5.61. The van der Waals surface area contributed by atoms with Crippen molar-refractivity contribution in [2.45, 2.75) is 13.8 Å². The lowest BCUT2D eigenvalue weighted by atomic mass is 10.2. The van der Waals surface area contributed by atoms with Gasteiger partial charge in [-0.3, -0.25) is 4.79 Å². The number of aromatic hydroxyl groups is 1. The number of aromatic nitrogens is 1. The predicted molar refractivity (Wildman–Crippen MR) is 69.8 cm³/mol. The van der Waals surface area contributed by atoms with Crippen molar-refractivity contribution in [3.63, 3.8) is 0 Å². The number of carbonyl (C=O) groups is 1. The van der Waals surface area contributed by atoms with Gasteiger partial charge in [-0.2, -0.15) is 0 Å². The van der Waals surface area contributed by atoms with Crippen LogP contribution >= 0.6 is 0 Å². The first kappa shape index (κ1) is 12.1. The van der Waals surface area contributed by atoms with Gasteiger partial charge in [-0.05, 0) is 37.6 Å². The first-order chi connectivity index (χ1) is 8.56. The molecule has 0 atom stereocenters. The average Bonchev–Trinajstić information content (AvgIpc) is 2.34. The van der Waals surface area contributed by atoms with Crippen LogP contribution < -0.4 is 5.32 Å². The maximum absolute atomic E-state index is 11.9. The van der Waals surface area contributed by atoms with Crippen molar-refractivity contribution in [1.29, 1.82) is 0 Å². The van der Waals surface area contributed by atoms with Gasteiger partial charge < -0.3 is 10.4 Å². The second-order valence-corrected chi connectivity index (χ2v) is 4.12. The molecule has 0 unspecified atom stereocenters. The Morgan fingerprint density at radius 1 is 1.22 bits per heavy atom. The topological polar surface area (TPSA) is 62.2 Å². The van der Waals surface area contributed by atoms with E-state index < -0.39 is 0 Å². The summed E-state index contributed by atoms with van der Waals surface area (Å²) in [6.45, 7) is 3.62. The Morgan fingerprint density at radius 3 is 2.67 bits per heavy atom. The Kier molecular flexibility index (Phi) is 3.28. The Balaban J connectivity index is 2.18. The number of aryl methyl sites for hydroxylation is 2. The van der Waals surface area contributed by atoms with Crippen LogP contribution in [0.5, 0.6) is 5.75 Å². The highest BCUT2D eigenvalue weighted by Gasteiger charge is 2.08. The summed E-state index contributed by atoms with van der Waals surface area (Å²) in [5, 5.41) is 12.3. The molecule has 4 nitrogen and oxygen atoms in total. The lowest BCUT2D eigenvalue weighted by Crippen LogP contribution is -2.13. The van der Waals surface area contributed by atoms with E-state index in [4.69, 9.17) is 0 Å². The number of pyridine rings is 1. The van der Waals surface area contributed by atoms with Gasteiger partial charge in [0.15, 0.2) is 0 Å². The number of nitrogens with zero attached hydrogens (tertiary/aromatic N) is 1. The third-order valence-electron chi connectivity index (χ3n) is 2.59. The molecule has 1 amide bonds. The summed E-state index contributed by atoms with van der Waals surface area (Å²) in [6.07, 6.45) is 0. The van der Waals surface area contributed by atoms with E-state index in [0.29, 0.717) is 11.4 Å². The molecule has 2 N–H and O–H groups in total. The van der Waals surface area contributed by atoms with Gasteiger partial charge in [-0.15, -0.1) is 0 Å². The number of nitrogens with one attached hydrogen (secondary N) is 1. The maximum atomic E-state index is 11.9. The molecule has 0 spiro atoms. The minimum atomic E-state index is -0.290. The van der Waals surface area contributed by atoms with Crippen LogP contribution in [0.4, 0.5) is 5.69 Å². The van der Waals surface area contributed by atoms with Gasteiger partial charge in [-0.1, -0.05) is 12.1 Å². The summed E-state index contributed by atoms with van der Waals surface area (Å²) in [6, 6.07) is 10.3. The maximum Gasteiger partial charge on any atom is 0.274 e. The summed E-state index contributed by atoms with van der Waals surface area (Å²) < 4.78 is 0. The van der Waals surface area contributed by atoms with Crippen LogP contribution in [0.15, 0.2) is 36.4 Å². The normalized spacial score (nSPS) is 10.1. The Bertz CT molecular complexity index is 594. The number of hydrogen-bond acceptors (Lipinski definition) is 3. The van der Waals surface area contributed by atoms with Gasteiger partial charge in [0.25, 0.3) is 5.91 Å². The van der Waals surface area contributed by atoms with E-state index in [1.165, 1.54) is 6.07 Å². The molecule has 18 heavy (non-hydrogen) atoms. The van der Waals surface area contributed by atoms with Crippen molar-refractivity contribution in [2.24, 2.45) is 0 Å². The third-order valence-corrected chi connectivity index (χ3v) is 2.59. The molecule has 0 bridgehead atoms. The molecule has 0 radical (unpaired) electrons. The van der Waals surface area contributed by atoms with Gasteiger partial charge in [0, 0.05) is 17.4 Å². The molecular formula is C14H14N2O2. The largest absolute Gasteiger partial charge is 0.508 e. The van der Waals surface area contributed by atoms with Gasteiger partial charge in [-0.25, -0.2) is 4.98 Å². The molecule has 0 saturated heterocycles. The van der Waals surface area contributed by atoms with E-state index >= 15 is 0 Å². The van der Waals surface area contributed by atoms with Crippen molar-refractivity contribution < 1.29 is 9.90 Å². The molecule has 0 aliphatic rings. The summed E-state index contributed by atoms with van der Waals surface area (Å²) in [5.74, 6) is -0.132. The number of hydrogen-bond donors (Lipinski definition) is 2. The Morgan fingerprint density at radius 2 is 2.00 bits per heavy atom. The zero-order valence-electron chi connectivity index (χ0n) is 10.3. The molecule has 0 fully saturated rings. The highest BCUT2D eigenvalue weighted by atomic mass is 16.3. The molecule has 0 aliphatic heterocycles. The van der Waals surface area contributed by atoms with Crippen molar-refractivity contribution in [3.8, 4) is 5.75 Å². The van der Waals surface area contributed by atoms with E-state index in [1.54, 1.807) is 31.2 Å². The summed E-state index contributed by atoms with van der Waals surface area (Å²) in [7, 11) is 0. The Labute approximate surface area is 105 Å². The van der Waals surface area contributed by atoms with Crippen LogP contribution in [0.25, 0.3) is 0 Å². The molecule has 0 saturated carbocycles. The van der Waals surface area contributed by atoms with Crippen LogP contribution in [-0.4, -0.2) is 16.0 Å². The van der Waals surface area contributed by atoms with Gasteiger partial charge in [0.1, 0.15) is 11.4 Å². The molecule has 2 rings (SSSR count). The fraction of sp³-hybridized carbons (Fsp3) is 0.143. The van der Waals surface area contributed by atoms with Crippen molar-refractivity contribution in [3.05, 3.63) is 53.3 Å². The molecule has 1 aromatic heterocycles. The van der Waals surface area contributed by atoms with E-state index in [1.807, 2.05) is 13.0 Å². The smallest absolute Gasteiger partial charge is 0.274 e. The minimum Gasteiger partial charge on any atom is -0.508 e. The molecule has 2 aromatic rings. The average molecular weight is 242 g/mol. The lowest BCUT2D eigenvalue weighted by Gasteiger charge is -2.06. The standard InChI is InChI=1S/C14H14N2O2/c1-9-6-7-11(8-13(9)17)16-14(18)12-5-3-4-10(2)15-12/h3-8,17H,1-2H3,(H,16,18). The second-order valence-electron chi connectivity index (χ2n) is 4.12. The molecular weight excluding hydrogens is 228 g/mol. The summed E-state index contributed by atoms with van der Waals surface area (Å²) >= 11 is 0. The van der Waals surface area contributed by atoms with Crippen LogP contribution in [0.3, 0.4) is 0 Å². The molecule has 1 aromatic carbocycles. The van der Waals surface area contributed by atoms with E-state index in [2.05, 4.69) is 10.3 Å². The van der Waals surface area contributed by atoms with Gasteiger partial charge in [0.2, 0.25) is 0 Å². The van der Waals surface area contributed by atoms with E-state index in [-0.39, 0.29) is 11.7 Å². The number of rotatable bonds is 2. The fourth-order valence-electron chi connectivity index (χ4n) is 1.55. The van der Waals surface area contributed by atoms with Gasteiger partial charge in [0.05, 0.1) is 0 Å². The zero-order valence-corrected chi connectivity index (χ0v) is 10.3. The molecule has 0 aliphatic carbocycles. The third kappa shape index (κ3) is 2.66. The second kappa shape index (κ2) is 4.87. The van der Waals surface area contributed by atoms with E-state index in [9.17, 15) is 9.90 Å². The first-order valence-corrected chi connectivity index (χ1v) is 5.61. The lowest BCUT2D eigenvalue weighted by molar-refractivity contribution is 0.102. The number of phenols is 1. The summed E-state index contributed by atoms with van der Waals surface area (Å²) in [4.78, 5) is 16.0. The number of anilines is 1. The SMILES string of the molecule is Cc1cccc(C(=O)Nc2ccc(C)c(O)c2)n1. The van der Waals surface area contributed by atoms with Gasteiger partial charge >= 0.3 is 0 Å². The number of benzene rings is 1. The quantitative estimate of drug-likeness (QED) is 0.851. The molecule has 92 valence electrons. The van der Waals surface area contributed by atoms with Crippen molar-refractivity contribution >= 4 is 11.6 Å². The molecule has 4 heteroatoms. The number of amides is 1. The monoisotopic (exact) mass is 242 g/mol. The fourth-order valence-corrected chi connectivity index (χ4v) is 1.55. The predicted octanol–water partition coefficient (Wildman–Crippen LogP) is 2.66. The van der Waals surface area contributed by atoms with Crippen LogP contribution in [0.1, 0.15) is 21.7 Å². The highest BCUT2D eigenvalue weighted by Crippen LogP contribution is 2.21. The van der Waals surface area contributed by atoms with Crippen molar-refractivity contribution in [1.82, 2.24) is 4.98 Å². The molecule has 1 heterocycles. The minimum absolute atomic E-state index is 0.157. The number of phenolic OH excluding ortho intramolecular Hbond substituents is 1. The highest BCUT2D eigenvalue weighted by molar-refractivity contribution is 6.02. The van der Waals surface area contributed by atoms with E-state index in [0.717, 1.165) is 11.3 Å². The zero-order chi connectivity index (χ0) is 13.1. The number of carbonyl (C=O) groups excluding carboxylic acids is 1. The van der Waals surface area contributed by atoms with Crippen molar-refractivity contribution in [2.75, 3.05) is 5.32 Å². The Hall–Kier alpha value is -2.36. The van der Waals surface area contributed by atoms with Crippen LogP contribution in [0.2, 0.25) is 0 Å².